The van der Waals surface area contributed by atoms with Gasteiger partial charge in [0.2, 0.25) is 5.90 Å². The van der Waals surface area contributed by atoms with Crippen LogP contribution in [-0.4, -0.2) is 41.8 Å². The Hall–Kier alpha value is -3.75. The van der Waals surface area contributed by atoms with Crippen LogP contribution in [0, 0.1) is 5.82 Å². The molecule has 3 aromatic carbocycles. The number of aliphatic hydroxyl groups excluding tert-OH is 1. The average Bonchev–Trinajstić information content (AvgIpc) is 3.23. The van der Waals surface area contributed by atoms with Crippen molar-refractivity contribution in [3.63, 3.8) is 0 Å². The van der Waals surface area contributed by atoms with Crippen LogP contribution in [0.15, 0.2) is 83.9 Å². The maximum atomic E-state index is 14.0. The molecule has 0 aromatic heterocycles. The highest BCUT2D eigenvalue weighted by atomic mass is 19.1. The fourth-order valence-electron chi connectivity index (χ4n) is 4.02. The van der Waals surface area contributed by atoms with Crippen LogP contribution in [0.5, 0.6) is 5.75 Å². The van der Waals surface area contributed by atoms with Gasteiger partial charge in [-0.2, -0.15) is 0 Å². The molecule has 1 amide bonds. The van der Waals surface area contributed by atoms with Gasteiger partial charge in [0.1, 0.15) is 17.7 Å². The molecule has 0 radical (unpaired) electrons. The summed E-state index contributed by atoms with van der Waals surface area (Å²) in [5.74, 6) is 0.322. The molecule has 1 aliphatic rings. The number of aliphatic imine (C=N–C) groups is 1. The number of hydrogen-bond acceptors (Lipinski definition) is 6. The van der Waals surface area contributed by atoms with Crippen LogP contribution < -0.4 is 15.6 Å². The van der Waals surface area contributed by atoms with Crippen molar-refractivity contribution in [2.75, 3.05) is 13.2 Å². The fraction of sp³-hybridized carbons (Fsp3) is 0.286. The molecule has 0 aliphatic carbocycles. The Morgan fingerprint density at radius 1 is 1.08 bits per heavy atom. The summed E-state index contributed by atoms with van der Waals surface area (Å²) in [5, 5.41) is 8.91. The smallest absolute Gasteiger partial charge is 0.266 e. The second kappa shape index (κ2) is 11.8. The zero-order valence-corrected chi connectivity index (χ0v) is 20.1. The number of amides is 1. The Bertz CT molecular complexity index is 1190. The van der Waals surface area contributed by atoms with Gasteiger partial charge in [-0.05, 0) is 42.8 Å². The molecule has 0 saturated heterocycles. The Morgan fingerprint density at radius 2 is 1.81 bits per heavy atom. The minimum absolute atomic E-state index is 0.0708. The van der Waals surface area contributed by atoms with Gasteiger partial charge in [-0.1, -0.05) is 48.5 Å². The van der Waals surface area contributed by atoms with Crippen LogP contribution in [0.2, 0.25) is 0 Å². The number of carbonyl (C=O) groups is 1. The average molecular weight is 492 g/mol. The van der Waals surface area contributed by atoms with Gasteiger partial charge < -0.3 is 14.6 Å². The number of aliphatic hydroxyl groups is 1. The van der Waals surface area contributed by atoms with E-state index in [1.807, 2.05) is 49.4 Å². The molecular weight excluding hydrogens is 461 g/mol. The first-order valence-electron chi connectivity index (χ1n) is 11.9. The highest BCUT2D eigenvalue weighted by Crippen LogP contribution is 2.32. The third-order valence-corrected chi connectivity index (χ3v) is 6.08. The van der Waals surface area contributed by atoms with E-state index in [0.29, 0.717) is 36.7 Å². The van der Waals surface area contributed by atoms with Crippen molar-refractivity contribution in [2.45, 2.75) is 38.0 Å². The van der Waals surface area contributed by atoms with Crippen molar-refractivity contribution in [3.05, 3.63) is 101 Å². The standard InChI is InChI=1S/C28H30FN3O4/c1-20-28(18-21-8-3-2-4-9-21,27(34)32-30-19-23-10-5-6-11-25(23)29)31-26(36-20)22-12-14-24(15-13-22)35-17-7-16-33/h2-6,8-15,20,30,33H,7,16-19H2,1H3,(H,32,34)/t20-,28-/m0/s1. The van der Waals surface area contributed by atoms with Gasteiger partial charge in [0.05, 0.1) is 6.61 Å². The van der Waals surface area contributed by atoms with E-state index in [-0.39, 0.29) is 24.9 Å². The summed E-state index contributed by atoms with van der Waals surface area (Å²) in [6.45, 7) is 2.44. The molecule has 0 bridgehead atoms. The monoisotopic (exact) mass is 491 g/mol. The van der Waals surface area contributed by atoms with Gasteiger partial charge in [-0.3, -0.25) is 10.2 Å². The zero-order chi connectivity index (χ0) is 25.4. The van der Waals surface area contributed by atoms with Crippen LogP contribution in [-0.2, 0) is 22.5 Å². The molecule has 0 saturated carbocycles. The van der Waals surface area contributed by atoms with E-state index in [4.69, 9.17) is 19.6 Å². The topological polar surface area (TPSA) is 92.2 Å². The van der Waals surface area contributed by atoms with Crippen molar-refractivity contribution in [3.8, 4) is 5.75 Å². The van der Waals surface area contributed by atoms with Gasteiger partial charge in [0.25, 0.3) is 5.91 Å². The first-order valence-corrected chi connectivity index (χ1v) is 11.9. The van der Waals surface area contributed by atoms with Crippen LogP contribution in [0.4, 0.5) is 4.39 Å². The number of hydrazine groups is 1. The molecule has 8 heteroatoms. The van der Waals surface area contributed by atoms with Crippen LogP contribution in [0.1, 0.15) is 30.0 Å². The molecule has 2 atom stereocenters. The summed E-state index contributed by atoms with van der Waals surface area (Å²) in [6.07, 6.45) is 0.328. The summed E-state index contributed by atoms with van der Waals surface area (Å²) in [6, 6.07) is 23.3. The number of hydrogen-bond donors (Lipinski definition) is 3. The van der Waals surface area contributed by atoms with E-state index in [1.165, 1.54) is 6.07 Å². The van der Waals surface area contributed by atoms with E-state index in [9.17, 15) is 9.18 Å². The second-order valence-electron chi connectivity index (χ2n) is 8.61. The highest BCUT2D eigenvalue weighted by Gasteiger charge is 2.50. The first-order chi connectivity index (χ1) is 17.5. The fourth-order valence-corrected chi connectivity index (χ4v) is 4.02. The molecular formula is C28H30FN3O4. The normalized spacial score (nSPS) is 18.9. The zero-order valence-electron chi connectivity index (χ0n) is 20.1. The lowest BCUT2D eigenvalue weighted by atomic mass is 9.86. The molecule has 36 heavy (non-hydrogen) atoms. The molecule has 4 rings (SSSR count). The van der Waals surface area contributed by atoms with Crippen LogP contribution in [0.25, 0.3) is 0 Å². The van der Waals surface area contributed by atoms with Crippen molar-refractivity contribution in [1.82, 2.24) is 10.9 Å². The molecule has 188 valence electrons. The van der Waals surface area contributed by atoms with E-state index in [0.717, 1.165) is 11.1 Å². The minimum atomic E-state index is -1.23. The third-order valence-electron chi connectivity index (χ3n) is 6.08. The number of nitrogens with zero attached hydrogens (tertiary/aromatic N) is 1. The first kappa shape index (κ1) is 25.3. The number of rotatable bonds is 11. The Kier molecular flexibility index (Phi) is 8.30. The maximum absolute atomic E-state index is 14.0. The van der Waals surface area contributed by atoms with Crippen molar-refractivity contribution in [1.29, 1.82) is 0 Å². The van der Waals surface area contributed by atoms with Gasteiger partial charge in [-0.15, -0.1) is 0 Å². The van der Waals surface area contributed by atoms with Crippen molar-refractivity contribution >= 4 is 11.8 Å². The molecule has 1 heterocycles. The van der Waals surface area contributed by atoms with E-state index >= 15 is 0 Å². The van der Waals surface area contributed by atoms with Gasteiger partial charge >= 0.3 is 0 Å². The number of ether oxygens (including phenoxy) is 2. The van der Waals surface area contributed by atoms with E-state index in [1.54, 1.807) is 30.3 Å². The molecule has 3 aromatic rings. The lowest BCUT2D eigenvalue weighted by Gasteiger charge is -2.28. The minimum Gasteiger partial charge on any atom is -0.494 e. The summed E-state index contributed by atoms with van der Waals surface area (Å²) in [7, 11) is 0. The number of carbonyl (C=O) groups excluding carboxylic acids is 1. The Morgan fingerprint density at radius 3 is 2.53 bits per heavy atom. The summed E-state index contributed by atoms with van der Waals surface area (Å²) in [4.78, 5) is 18.3. The maximum Gasteiger partial charge on any atom is 0.266 e. The van der Waals surface area contributed by atoms with Crippen LogP contribution in [0.3, 0.4) is 0 Å². The summed E-state index contributed by atoms with van der Waals surface area (Å²) < 4.78 is 25.7. The molecule has 0 unspecified atom stereocenters. The second-order valence-corrected chi connectivity index (χ2v) is 8.61. The predicted molar refractivity (Wildman–Crippen MR) is 135 cm³/mol. The number of nitrogens with one attached hydrogen (secondary N) is 2. The van der Waals surface area contributed by atoms with Gasteiger partial charge in [0.15, 0.2) is 5.54 Å². The summed E-state index contributed by atoms with van der Waals surface area (Å²) in [5.41, 5.74) is 6.43. The number of benzene rings is 3. The lowest BCUT2D eigenvalue weighted by molar-refractivity contribution is -0.129. The third kappa shape index (κ3) is 5.90. The van der Waals surface area contributed by atoms with E-state index in [2.05, 4.69) is 10.9 Å². The molecule has 0 spiro atoms. The van der Waals surface area contributed by atoms with Crippen molar-refractivity contribution in [2.24, 2.45) is 4.99 Å². The Labute approximate surface area is 210 Å². The molecule has 3 N–H and O–H groups in total. The highest BCUT2D eigenvalue weighted by molar-refractivity contribution is 6.00. The molecule has 0 fully saturated rings. The summed E-state index contributed by atoms with van der Waals surface area (Å²) >= 11 is 0. The molecule has 7 nitrogen and oxygen atoms in total. The SMILES string of the molecule is C[C@@H]1OC(c2ccc(OCCCO)cc2)=N[C@]1(Cc1ccccc1)C(=O)NNCc1ccccc1F. The van der Waals surface area contributed by atoms with E-state index < -0.39 is 11.6 Å². The number of halogens is 1. The van der Waals surface area contributed by atoms with Crippen molar-refractivity contribution < 1.29 is 23.8 Å². The van der Waals surface area contributed by atoms with Gasteiger partial charge in [-0.25, -0.2) is 14.8 Å². The lowest BCUT2D eigenvalue weighted by Crippen LogP contribution is -2.55. The Balaban J connectivity index is 1.55. The largest absolute Gasteiger partial charge is 0.494 e. The van der Waals surface area contributed by atoms with Gasteiger partial charge in [0, 0.05) is 37.1 Å². The van der Waals surface area contributed by atoms with Crippen LogP contribution >= 0.6 is 0 Å². The quantitative estimate of drug-likeness (QED) is 0.282. The predicted octanol–water partition coefficient (Wildman–Crippen LogP) is 3.55. The molecule has 1 aliphatic heterocycles.